The van der Waals surface area contributed by atoms with E-state index in [1.54, 1.807) is 18.4 Å². The third-order valence-electron chi connectivity index (χ3n) is 2.79. The molecule has 0 bridgehead atoms. The zero-order chi connectivity index (χ0) is 13.1. The largest absolute Gasteiger partial charge is 0.464 e. The van der Waals surface area contributed by atoms with Gasteiger partial charge in [-0.25, -0.2) is 0 Å². The Morgan fingerprint density at radius 2 is 2.06 bits per heavy atom. The van der Waals surface area contributed by atoms with Gasteiger partial charge in [-0.05, 0) is 31.5 Å². The maximum Gasteiger partial charge on any atom is 0.137 e. The smallest absolute Gasteiger partial charge is 0.137 e. The van der Waals surface area contributed by atoms with Gasteiger partial charge < -0.3 is 9.73 Å². The van der Waals surface area contributed by atoms with Crippen molar-refractivity contribution in [3.63, 3.8) is 0 Å². The van der Waals surface area contributed by atoms with Crippen LogP contribution in [-0.2, 0) is 6.42 Å². The fourth-order valence-electron chi connectivity index (χ4n) is 1.95. The molecule has 1 aromatic carbocycles. The molecule has 4 heteroatoms. The molecule has 0 aliphatic heterocycles. The monoisotopic (exact) mass is 285 g/mol. The summed E-state index contributed by atoms with van der Waals surface area (Å²) in [7, 11) is 0. The Labute approximate surface area is 117 Å². The molecule has 1 aromatic heterocycles. The van der Waals surface area contributed by atoms with Crippen LogP contribution in [-0.4, -0.2) is 13.1 Å². The van der Waals surface area contributed by atoms with Crippen LogP contribution in [0.15, 0.2) is 22.8 Å². The molecule has 0 spiro atoms. The van der Waals surface area contributed by atoms with Crippen LogP contribution in [0.3, 0.4) is 0 Å². The summed E-state index contributed by atoms with van der Waals surface area (Å²) < 4.78 is 5.49. The van der Waals surface area contributed by atoms with Gasteiger partial charge in [0.2, 0.25) is 0 Å². The number of halogens is 2. The van der Waals surface area contributed by atoms with E-state index >= 15 is 0 Å². The summed E-state index contributed by atoms with van der Waals surface area (Å²) in [6.07, 6.45) is 2.67. The molecule has 0 saturated carbocycles. The number of rotatable bonds is 5. The number of hydrogen-bond donors (Lipinski definition) is 1. The van der Waals surface area contributed by atoms with Crippen molar-refractivity contribution in [3.8, 4) is 0 Å². The van der Waals surface area contributed by atoms with Gasteiger partial charge in [-0.1, -0.05) is 37.0 Å². The minimum atomic E-state index is 0.603. The summed E-state index contributed by atoms with van der Waals surface area (Å²) >= 11 is 12.1. The van der Waals surface area contributed by atoms with E-state index in [2.05, 4.69) is 19.2 Å². The summed E-state index contributed by atoms with van der Waals surface area (Å²) in [6, 6.07) is 3.56. The quantitative estimate of drug-likeness (QED) is 0.817. The highest BCUT2D eigenvalue weighted by molar-refractivity contribution is 6.38. The number of nitrogens with one attached hydrogen (secondary N) is 1. The van der Waals surface area contributed by atoms with Crippen molar-refractivity contribution >= 4 is 34.2 Å². The molecular formula is C14H17Cl2NO. The molecule has 0 unspecified atom stereocenters. The Balaban J connectivity index is 2.10. The molecule has 0 fully saturated rings. The highest BCUT2D eigenvalue weighted by Gasteiger charge is 2.10. The molecule has 0 radical (unpaired) electrons. The molecule has 0 atom stereocenters. The third kappa shape index (κ3) is 3.19. The molecule has 0 aliphatic rings. The average Bonchev–Trinajstić information content (AvgIpc) is 2.67. The minimum absolute atomic E-state index is 0.603. The van der Waals surface area contributed by atoms with Gasteiger partial charge in [0.15, 0.2) is 0 Å². The van der Waals surface area contributed by atoms with E-state index in [0.29, 0.717) is 16.0 Å². The Morgan fingerprint density at radius 1 is 1.28 bits per heavy atom. The first-order valence-electron chi connectivity index (χ1n) is 6.13. The van der Waals surface area contributed by atoms with E-state index < -0.39 is 0 Å². The lowest BCUT2D eigenvalue weighted by Crippen LogP contribution is -2.22. The number of fused-ring (bicyclic) bond motifs is 1. The summed E-state index contributed by atoms with van der Waals surface area (Å²) in [5, 5.41) is 5.65. The molecule has 0 amide bonds. The first-order chi connectivity index (χ1) is 8.58. The van der Waals surface area contributed by atoms with E-state index in [0.717, 1.165) is 36.0 Å². The van der Waals surface area contributed by atoms with Crippen LogP contribution in [0.4, 0.5) is 0 Å². The molecule has 18 heavy (non-hydrogen) atoms. The molecule has 1 N–H and O–H groups in total. The Kier molecular flexibility index (Phi) is 4.55. The molecule has 2 rings (SSSR count). The fraction of sp³-hybridized carbons (Fsp3) is 0.429. The Hall–Kier alpha value is -0.700. The third-order valence-corrected chi connectivity index (χ3v) is 3.31. The van der Waals surface area contributed by atoms with Gasteiger partial charge in [-0.3, -0.25) is 0 Å². The van der Waals surface area contributed by atoms with Crippen LogP contribution in [0, 0.1) is 5.92 Å². The molecule has 0 saturated heterocycles. The molecular weight excluding hydrogens is 269 g/mol. The SMILES string of the molecule is CC(C)CNCCc1coc2cc(Cl)cc(Cl)c12. The van der Waals surface area contributed by atoms with Crippen LogP contribution < -0.4 is 5.32 Å². The number of hydrogen-bond acceptors (Lipinski definition) is 2. The summed E-state index contributed by atoms with van der Waals surface area (Å²) in [5.41, 5.74) is 1.88. The standard InChI is InChI=1S/C14H17Cl2NO/c1-9(2)7-17-4-3-10-8-18-13-6-11(15)5-12(16)14(10)13/h5-6,8-9,17H,3-4,7H2,1-2H3. The lowest BCUT2D eigenvalue weighted by molar-refractivity contribution is 0.552. The first kappa shape index (κ1) is 13.7. The number of benzene rings is 1. The lowest BCUT2D eigenvalue weighted by atomic mass is 10.1. The summed E-state index contributed by atoms with van der Waals surface area (Å²) in [6.45, 7) is 6.33. The fourth-order valence-corrected chi connectivity index (χ4v) is 2.54. The molecule has 1 heterocycles. The maximum absolute atomic E-state index is 6.21. The molecule has 98 valence electrons. The maximum atomic E-state index is 6.21. The van der Waals surface area contributed by atoms with Crippen molar-refractivity contribution in [1.82, 2.24) is 5.32 Å². The number of furan rings is 1. The second-order valence-electron chi connectivity index (χ2n) is 4.87. The van der Waals surface area contributed by atoms with Crippen LogP contribution in [0.25, 0.3) is 11.0 Å². The molecule has 2 aromatic rings. The Morgan fingerprint density at radius 3 is 2.78 bits per heavy atom. The van der Waals surface area contributed by atoms with Crippen LogP contribution in [0.5, 0.6) is 0 Å². The second-order valence-corrected chi connectivity index (χ2v) is 5.71. The minimum Gasteiger partial charge on any atom is -0.464 e. The van der Waals surface area contributed by atoms with Gasteiger partial charge in [0.05, 0.1) is 11.3 Å². The zero-order valence-corrected chi connectivity index (χ0v) is 12.1. The van der Waals surface area contributed by atoms with Crippen molar-refractivity contribution < 1.29 is 4.42 Å². The zero-order valence-electron chi connectivity index (χ0n) is 10.6. The van der Waals surface area contributed by atoms with E-state index in [9.17, 15) is 0 Å². The van der Waals surface area contributed by atoms with Crippen molar-refractivity contribution in [1.29, 1.82) is 0 Å². The van der Waals surface area contributed by atoms with Crippen LogP contribution in [0.1, 0.15) is 19.4 Å². The topological polar surface area (TPSA) is 25.2 Å². The van der Waals surface area contributed by atoms with Crippen molar-refractivity contribution in [3.05, 3.63) is 34.0 Å². The molecule has 2 nitrogen and oxygen atoms in total. The Bertz CT molecular complexity index is 534. The van der Waals surface area contributed by atoms with Crippen LogP contribution >= 0.6 is 23.2 Å². The summed E-state index contributed by atoms with van der Waals surface area (Å²) in [4.78, 5) is 0. The van der Waals surface area contributed by atoms with E-state index in [1.807, 2.05) is 0 Å². The van der Waals surface area contributed by atoms with Crippen molar-refractivity contribution in [2.75, 3.05) is 13.1 Å². The molecule has 0 aliphatic carbocycles. The van der Waals surface area contributed by atoms with E-state index in [4.69, 9.17) is 27.6 Å². The first-order valence-corrected chi connectivity index (χ1v) is 6.89. The lowest BCUT2D eigenvalue weighted by Gasteiger charge is -2.06. The van der Waals surface area contributed by atoms with Gasteiger partial charge >= 0.3 is 0 Å². The van der Waals surface area contributed by atoms with Crippen LogP contribution in [0.2, 0.25) is 10.0 Å². The van der Waals surface area contributed by atoms with Gasteiger partial charge in [-0.15, -0.1) is 0 Å². The highest BCUT2D eigenvalue weighted by Crippen LogP contribution is 2.32. The van der Waals surface area contributed by atoms with Gasteiger partial charge in [0.1, 0.15) is 5.58 Å². The second kappa shape index (κ2) is 5.96. The highest BCUT2D eigenvalue weighted by atomic mass is 35.5. The van der Waals surface area contributed by atoms with Gasteiger partial charge in [0.25, 0.3) is 0 Å². The van der Waals surface area contributed by atoms with Gasteiger partial charge in [-0.2, -0.15) is 0 Å². The van der Waals surface area contributed by atoms with E-state index in [-0.39, 0.29) is 0 Å². The van der Waals surface area contributed by atoms with Crippen molar-refractivity contribution in [2.24, 2.45) is 5.92 Å². The summed E-state index contributed by atoms with van der Waals surface area (Å²) in [5.74, 6) is 0.661. The van der Waals surface area contributed by atoms with Crippen molar-refractivity contribution in [2.45, 2.75) is 20.3 Å². The van der Waals surface area contributed by atoms with E-state index in [1.165, 1.54) is 0 Å². The normalized spacial score (nSPS) is 11.6. The van der Waals surface area contributed by atoms with Gasteiger partial charge in [0, 0.05) is 22.0 Å². The average molecular weight is 286 g/mol. The predicted octanol–water partition coefficient (Wildman–Crippen LogP) is 4.53. The predicted molar refractivity (Wildman–Crippen MR) is 77.6 cm³/mol.